The van der Waals surface area contributed by atoms with Crippen LogP contribution in [0.15, 0.2) is 34.8 Å². The van der Waals surface area contributed by atoms with E-state index in [0.29, 0.717) is 26.4 Å². The van der Waals surface area contributed by atoms with Gasteiger partial charge in [0.05, 0.1) is 21.4 Å². The largest absolute Gasteiger partial charge is 0.495 e. The smallest absolute Gasteiger partial charge is 0.146 e. The molecule has 6 heteroatoms. The third kappa shape index (κ3) is 3.14. The minimum atomic E-state index is -0.464. The van der Waals surface area contributed by atoms with Crippen molar-refractivity contribution in [1.82, 2.24) is 0 Å². The lowest BCUT2D eigenvalue weighted by atomic mass is 10.0. The first-order chi connectivity index (χ1) is 9.45. The van der Waals surface area contributed by atoms with E-state index in [1.165, 1.54) is 6.07 Å². The number of hydrogen-bond acceptors (Lipinski definition) is 1. The van der Waals surface area contributed by atoms with E-state index in [0.717, 1.165) is 0 Å². The van der Waals surface area contributed by atoms with E-state index < -0.39 is 10.6 Å². The van der Waals surface area contributed by atoms with Crippen molar-refractivity contribution in [2.45, 2.75) is 4.83 Å². The van der Waals surface area contributed by atoms with Crippen molar-refractivity contribution in [3.63, 3.8) is 0 Å². The molecule has 20 heavy (non-hydrogen) atoms. The minimum Gasteiger partial charge on any atom is -0.495 e. The maximum Gasteiger partial charge on any atom is 0.146 e. The van der Waals surface area contributed by atoms with Crippen LogP contribution in [0.4, 0.5) is 4.39 Å². The van der Waals surface area contributed by atoms with Gasteiger partial charge in [0, 0.05) is 16.1 Å². The molecule has 2 aromatic rings. The third-order valence-electron chi connectivity index (χ3n) is 2.77. The molecule has 2 rings (SSSR count). The summed E-state index contributed by atoms with van der Waals surface area (Å²) in [6, 6.07) is 8.31. The van der Waals surface area contributed by atoms with E-state index in [1.54, 1.807) is 31.4 Å². The number of methoxy groups -OCH3 is 1. The van der Waals surface area contributed by atoms with Gasteiger partial charge in [-0.25, -0.2) is 4.39 Å². The molecule has 0 aliphatic heterocycles. The molecule has 0 spiro atoms. The molecule has 1 atom stereocenters. The molecular weight excluding hydrogens is 434 g/mol. The standard InChI is InChI=1S/C14H9Br2Cl2FO/c1-20-14-9(5-7(17)6-10(14)15)12(16)8-3-2-4-11(18)13(8)19/h2-6,12H,1H3. The summed E-state index contributed by atoms with van der Waals surface area (Å²) in [5.41, 5.74) is 1.14. The molecule has 0 aromatic heterocycles. The zero-order valence-corrected chi connectivity index (χ0v) is 14.9. The first-order valence-corrected chi connectivity index (χ1v) is 8.03. The van der Waals surface area contributed by atoms with Gasteiger partial charge in [0.2, 0.25) is 0 Å². The number of ether oxygens (including phenoxy) is 1. The number of alkyl halides is 1. The molecule has 0 aliphatic rings. The average molecular weight is 443 g/mol. The molecule has 1 unspecified atom stereocenters. The van der Waals surface area contributed by atoms with Crippen molar-refractivity contribution in [3.05, 3.63) is 61.8 Å². The number of halogens is 5. The topological polar surface area (TPSA) is 9.23 Å². The highest BCUT2D eigenvalue weighted by Gasteiger charge is 2.22. The second-order valence-corrected chi connectivity index (χ2v) is 6.63. The quantitative estimate of drug-likeness (QED) is 0.500. The molecule has 0 amide bonds. The predicted octanol–water partition coefficient (Wildman–Crippen LogP) is 6.39. The average Bonchev–Trinajstić information content (AvgIpc) is 2.40. The van der Waals surface area contributed by atoms with Crippen molar-refractivity contribution < 1.29 is 9.13 Å². The van der Waals surface area contributed by atoms with Crippen LogP contribution in [0.25, 0.3) is 0 Å². The fourth-order valence-corrected chi connectivity index (χ4v) is 3.74. The summed E-state index contributed by atoms with van der Waals surface area (Å²) >= 11 is 18.7. The Morgan fingerprint density at radius 1 is 1.20 bits per heavy atom. The van der Waals surface area contributed by atoms with E-state index in [-0.39, 0.29) is 5.02 Å². The van der Waals surface area contributed by atoms with Gasteiger partial charge in [-0.15, -0.1) is 0 Å². The van der Waals surface area contributed by atoms with Crippen molar-refractivity contribution in [3.8, 4) is 5.75 Å². The molecule has 0 radical (unpaired) electrons. The van der Waals surface area contributed by atoms with Crippen LogP contribution >= 0.6 is 55.1 Å². The Balaban J connectivity index is 2.58. The van der Waals surface area contributed by atoms with Gasteiger partial charge < -0.3 is 4.74 Å². The van der Waals surface area contributed by atoms with Gasteiger partial charge in [0.25, 0.3) is 0 Å². The Morgan fingerprint density at radius 2 is 1.90 bits per heavy atom. The molecule has 0 heterocycles. The summed E-state index contributed by atoms with van der Waals surface area (Å²) in [5.74, 6) is 0.129. The Labute approximate surface area is 143 Å². The molecule has 0 fully saturated rings. The molecule has 0 bridgehead atoms. The van der Waals surface area contributed by atoms with Gasteiger partial charge >= 0.3 is 0 Å². The van der Waals surface area contributed by atoms with Crippen LogP contribution in [-0.2, 0) is 0 Å². The normalized spacial score (nSPS) is 12.3. The van der Waals surface area contributed by atoms with Crippen molar-refractivity contribution in [2.75, 3.05) is 7.11 Å². The maximum absolute atomic E-state index is 14.1. The van der Waals surface area contributed by atoms with Crippen LogP contribution in [0, 0.1) is 5.82 Å². The summed E-state index contributed by atoms with van der Waals surface area (Å²) in [4.78, 5) is -0.425. The third-order valence-corrected chi connectivity index (χ3v) is 4.85. The lowest BCUT2D eigenvalue weighted by molar-refractivity contribution is 0.407. The highest BCUT2D eigenvalue weighted by molar-refractivity contribution is 9.10. The summed E-state index contributed by atoms with van der Waals surface area (Å²) in [6.45, 7) is 0. The van der Waals surface area contributed by atoms with Crippen molar-refractivity contribution in [1.29, 1.82) is 0 Å². The van der Waals surface area contributed by atoms with Crippen LogP contribution < -0.4 is 4.74 Å². The summed E-state index contributed by atoms with van der Waals surface area (Å²) in [5, 5.41) is 0.603. The Kier molecular flexibility index (Phi) is 5.35. The zero-order valence-electron chi connectivity index (χ0n) is 10.3. The SMILES string of the molecule is COc1c(Br)cc(Cl)cc1C(Br)c1cccc(Cl)c1F. The van der Waals surface area contributed by atoms with Crippen LogP contribution in [-0.4, -0.2) is 7.11 Å². The fraction of sp³-hybridized carbons (Fsp3) is 0.143. The van der Waals surface area contributed by atoms with Gasteiger partial charge in [-0.2, -0.15) is 0 Å². The van der Waals surface area contributed by atoms with Gasteiger partial charge in [-0.1, -0.05) is 51.3 Å². The van der Waals surface area contributed by atoms with E-state index in [1.807, 2.05) is 0 Å². The molecule has 1 nitrogen and oxygen atoms in total. The molecule has 0 N–H and O–H groups in total. The summed E-state index contributed by atoms with van der Waals surface area (Å²) in [6.07, 6.45) is 0. The van der Waals surface area contributed by atoms with Gasteiger partial charge in [0.15, 0.2) is 0 Å². The van der Waals surface area contributed by atoms with Gasteiger partial charge in [0.1, 0.15) is 11.6 Å². The fourth-order valence-electron chi connectivity index (χ4n) is 1.87. The van der Waals surface area contributed by atoms with Crippen LogP contribution in [0.1, 0.15) is 16.0 Å². The van der Waals surface area contributed by atoms with Crippen LogP contribution in [0.5, 0.6) is 5.75 Å². The van der Waals surface area contributed by atoms with Gasteiger partial charge in [-0.3, -0.25) is 0 Å². The minimum absolute atomic E-state index is 0.0759. The summed E-state index contributed by atoms with van der Waals surface area (Å²) in [7, 11) is 1.55. The highest BCUT2D eigenvalue weighted by Crippen LogP contribution is 2.43. The lowest BCUT2D eigenvalue weighted by Crippen LogP contribution is -2.01. The van der Waals surface area contributed by atoms with E-state index in [2.05, 4.69) is 31.9 Å². The van der Waals surface area contributed by atoms with Crippen LogP contribution in [0.2, 0.25) is 10.0 Å². The van der Waals surface area contributed by atoms with E-state index in [4.69, 9.17) is 27.9 Å². The predicted molar refractivity (Wildman–Crippen MR) is 87.9 cm³/mol. The zero-order chi connectivity index (χ0) is 14.9. The second-order valence-electron chi connectivity index (χ2n) is 4.02. The molecule has 2 aromatic carbocycles. The van der Waals surface area contributed by atoms with Crippen molar-refractivity contribution in [2.24, 2.45) is 0 Å². The lowest BCUT2D eigenvalue weighted by Gasteiger charge is -2.17. The summed E-state index contributed by atoms with van der Waals surface area (Å²) < 4.78 is 20.2. The number of rotatable bonds is 3. The molecule has 0 saturated heterocycles. The monoisotopic (exact) mass is 440 g/mol. The molecule has 0 saturated carbocycles. The number of hydrogen-bond donors (Lipinski definition) is 0. The van der Waals surface area contributed by atoms with E-state index in [9.17, 15) is 4.39 Å². The molecular formula is C14H9Br2Cl2FO. The second kappa shape index (κ2) is 6.65. The Morgan fingerprint density at radius 3 is 2.55 bits per heavy atom. The number of benzene rings is 2. The van der Waals surface area contributed by atoms with Crippen molar-refractivity contribution >= 4 is 55.1 Å². The highest BCUT2D eigenvalue weighted by atomic mass is 79.9. The molecule has 0 aliphatic carbocycles. The Hall–Kier alpha value is -0.290. The van der Waals surface area contributed by atoms with E-state index >= 15 is 0 Å². The molecule has 106 valence electrons. The Bertz CT molecular complexity index is 649. The van der Waals surface area contributed by atoms with Gasteiger partial charge in [-0.05, 0) is 34.1 Å². The first kappa shape index (κ1) is 16.1. The first-order valence-electron chi connectivity index (χ1n) is 5.56. The van der Waals surface area contributed by atoms with Crippen LogP contribution in [0.3, 0.4) is 0 Å². The maximum atomic E-state index is 14.1.